The first-order valence-electron chi connectivity index (χ1n) is 4.36. The standard InChI is InChI=1S/C9H19O2/c1-3-4-5-6-7-8-11-9-10-2/h2-9H2,1H3. The predicted octanol–water partition coefficient (Wildman–Crippen LogP) is 2.74. The van der Waals surface area contributed by atoms with Gasteiger partial charge in [-0.25, -0.2) is 0 Å². The Morgan fingerprint density at radius 3 is 2.45 bits per heavy atom. The summed E-state index contributed by atoms with van der Waals surface area (Å²) in [7, 11) is 3.21. The van der Waals surface area contributed by atoms with E-state index in [0.29, 0.717) is 6.79 Å². The monoisotopic (exact) mass is 159 g/mol. The summed E-state index contributed by atoms with van der Waals surface area (Å²) in [6.45, 7) is 3.35. The highest BCUT2D eigenvalue weighted by atomic mass is 16.7. The molecular formula is C9H19O2. The molecular weight excluding hydrogens is 140 g/mol. The van der Waals surface area contributed by atoms with Gasteiger partial charge in [-0.1, -0.05) is 32.6 Å². The summed E-state index contributed by atoms with van der Waals surface area (Å²) < 4.78 is 9.58. The molecule has 0 N–H and O–H groups in total. The normalized spacial score (nSPS) is 10.4. The fourth-order valence-corrected chi connectivity index (χ4v) is 0.926. The molecule has 0 aromatic heterocycles. The zero-order chi connectivity index (χ0) is 8.36. The average molecular weight is 159 g/mol. The van der Waals surface area contributed by atoms with Crippen LogP contribution in [0.3, 0.4) is 0 Å². The van der Waals surface area contributed by atoms with Gasteiger partial charge in [-0.15, -0.1) is 0 Å². The van der Waals surface area contributed by atoms with Gasteiger partial charge in [0.2, 0.25) is 0 Å². The molecule has 0 atom stereocenters. The predicted molar refractivity (Wildman–Crippen MR) is 46.0 cm³/mol. The molecule has 0 spiro atoms. The van der Waals surface area contributed by atoms with Gasteiger partial charge in [0, 0.05) is 6.61 Å². The number of unbranched alkanes of at least 4 members (excludes halogenated alkanes) is 4. The van der Waals surface area contributed by atoms with Gasteiger partial charge in [-0.2, -0.15) is 0 Å². The van der Waals surface area contributed by atoms with Crippen molar-refractivity contribution in [2.75, 3.05) is 13.4 Å². The summed E-state index contributed by atoms with van der Waals surface area (Å²) in [6.07, 6.45) is 6.37. The highest BCUT2D eigenvalue weighted by molar-refractivity contribution is 4.40. The maximum Gasteiger partial charge on any atom is 0.146 e. The van der Waals surface area contributed by atoms with Crippen molar-refractivity contribution in [3.05, 3.63) is 7.11 Å². The molecule has 2 heteroatoms. The van der Waals surface area contributed by atoms with Crippen LogP contribution in [0, 0.1) is 7.11 Å². The number of rotatable bonds is 8. The lowest BCUT2D eigenvalue weighted by Gasteiger charge is -2.01. The van der Waals surface area contributed by atoms with E-state index in [9.17, 15) is 0 Å². The molecule has 11 heavy (non-hydrogen) atoms. The molecule has 0 saturated carbocycles. The molecule has 0 heterocycles. The lowest BCUT2D eigenvalue weighted by Crippen LogP contribution is -1.97. The summed E-state index contributed by atoms with van der Waals surface area (Å²) in [4.78, 5) is 0. The Bertz CT molecular complexity index is 56.6. The molecule has 0 aromatic rings. The third-order valence-electron chi connectivity index (χ3n) is 1.56. The Kier molecular flexibility index (Phi) is 9.85. The minimum Gasteiger partial charge on any atom is -0.355 e. The van der Waals surface area contributed by atoms with Crippen molar-refractivity contribution in [1.82, 2.24) is 0 Å². The Morgan fingerprint density at radius 2 is 1.82 bits per heavy atom. The van der Waals surface area contributed by atoms with Crippen molar-refractivity contribution in [3.63, 3.8) is 0 Å². The second-order valence-electron chi connectivity index (χ2n) is 2.64. The molecule has 0 amide bonds. The van der Waals surface area contributed by atoms with Crippen molar-refractivity contribution in [3.8, 4) is 0 Å². The lowest BCUT2D eigenvalue weighted by molar-refractivity contribution is -0.0156. The Balaban J connectivity index is 2.69. The summed E-state index contributed by atoms with van der Waals surface area (Å²) in [6, 6.07) is 0. The fraction of sp³-hybridized carbons (Fsp3) is 0.889. The van der Waals surface area contributed by atoms with Crippen LogP contribution in [0.5, 0.6) is 0 Å². The Hall–Kier alpha value is -0.0800. The topological polar surface area (TPSA) is 18.5 Å². The van der Waals surface area contributed by atoms with E-state index in [2.05, 4.69) is 18.8 Å². The van der Waals surface area contributed by atoms with Gasteiger partial charge in [0.25, 0.3) is 0 Å². The van der Waals surface area contributed by atoms with Crippen LogP contribution in [0.2, 0.25) is 0 Å². The van der Waals surface area contributed by atoms with Gasteiger partial charge in [0.15, 0.2) is 0 Å². The van der Waals surface area contributed by atoms with Gasteiger partial charge >= 0.3 is 0 Å². The first kappa shape index (κ1) is 10.9. The molecule has 0 aliphatic rings. The lowest BCUT2D eigenvalue weighted by atomic mass is 10.2. The molecule has 0 aromatic carbocycles. The first-order valence-corrected chi connectivity index (χ1v) is 4.36. The van der Waals surface area contributed by atoms with E-state index >= 15 is 0 Å². The van der Waals surface area contributed by atoms with Crippen LogP contribution in [0.15, 0.2) is 0 Å². The van der Waals surface area contributed by atoms with E-state index in [1.54, 1.807) is 0 Å². The fourth-order valence-electron chi connectivity index (χ4n) is 0.926. The second-order valence-corrected chi connectivity index (χ2v) is 2.64. The largest absolute Gasteiger partial charge is 0.355 e. The van der Waals surface area contributed by atoms with E-state index < -0.39 is 0 Å². The summed E-state index contributed by atoms with van der Waals surface area (Å²) >= 11 is 0. The van der Waals surface area contributed by atoms with E-state index in [-0.39, 0.29) is 0 Å². The summed E-state index contributed by atoms with van der Waals surface area (Å²) in [5.74, 6) is 0. The third kappa shape index (κ3) is 9.92. The van der Waals surface area contributed by atoms with Crippen molar-refractivity contribution >= 4 is 0 Å². The van der Waals surface area contributed by atoms with E-state index in [1.165, 1.54) is 25.7 Å². The van der Waals surface area contributed by atoms with Crippen LogP contribution in [0.25, 0.3) is 0 Å². The molecule has 0 saturated heterocycles. The van der Waals surface area contributed by atoms with Crippen LogP contribution in [0.1, 0.15) is 39.0 Å². The van der Waals surface area contributed by atoms with Crippen LogP contribution in [0.4, 0.5) is 0 Å². The molecule has 0 aliphatic carbocycles. The zero-order valence-corrected chi connectivity index (χ0v) is 7.47. The first-order chi connectivity index (χ1) is 5.41. The maximum absolute atomic E-state index is 5.08. The van der Waals surface area contributed by atoms with E-state index in [1.807, 2.05) is 0 Å². The molecule has 67 valence electrons. The van der Waals surface area contributed by atoms with Crippen molar-refractivity contribution in [2.24, 2.45) is 0 Å². The van der Waals surface area contributed by atoms with Crippen molar-refractivity contribution in [2.45, 2.75) is 39.0 Å². The van der Waals surface area contributed by atoms with Crippen LogP contribution >= 0.6 is 0 Å². The van der Waals surface area contributed by atoms with Gasteiger partial charge in [-0.3, -0.25) is 0 Å². The molecule has 2 nitrogen and oxygen atoms in total. The number of ether oxygens (including phenoxy) is 2. The summed E-state index contributed by atoms with van der Waals surface area (Å²) in [5.41, 5.74) is 0. The number of hydrogen-bond donors (Lipinski definition) is 0. The second kappa shape index (κ2) is 9.92. The Labute approximate surface area is 69.9 Å². The minimum atomic E-state index is 0.327. The SMILES string of the molecule is [CH2]OCOCCCCCCC. The van der Waals surface area contributed by atoms with E-state index in [4.69, 9.17) is 4.74 Å². The Morgan fingerprint density at radius 1 is 1.09 bits per heavy atom. The van der Waals surface area contributed by atoms with Crippen molar-refractivity contribution in [1.29, 1.82) is 0 Å². The molecule has 0 rings (SSSR count). The molecule has 0 unspecified atom stereocenters. The number of hydrogen-bond acceptors (Lipinski definition) is 2. The highest BCUT2D eigenvalue weighted by Gasteiger charge is 1.88. The summed E-state index contributed by atoms with van der Waals surface area (Å²) in [5, 5.41) is 0. The molecule has 0 fully saturated rings. The quantitative estimate of drug-likeness (QED) is 0.400. The van der Waals surface area contributed by atoms with Crippen LogP contribution < -0.4 is 0 Å². The van der Waals surface area contributed by atoms with Gasteiger partial charge in [-0.05, 0) is 6.42 Å². The molecule has 0 bridgehead atoms. The highest BCUT2D eigenvalue weighted by Crippen LogP contribution is 2.01. The van der Waals surface area contributed by atoms with Gasteiger partial charge in [0.1, 0.15) is 6.79 Å². The average Bonchev–Trinajstić information content (AvgIpc) is 2.03. The third-order valence-corrected chi connectivity index (χ3v) is 1.56. The van der Waals surface area contributed by atoms with Crippen LogP contribution in [-0.4, -0.2) is 13.4 Å². The molecule has 1 radical (unpaired) electrons. The maximum atomic E-state index is 5.08. The minimum absolute atomic E-state index is 0.327. The van der Waals surface area contributed by atoms with Crippen LogP contribution in [-0.2, 0) is 9.47 Å². The van der Waals surface area contributed by atoms with Crippen molar-refractivity contribution < 1.29 is 9.47 Å². The molecule has 0 aliphatic heterocycles. The smallest absolute Gasteiger partial charge is 0.146 e. The van der Waals surface area contributed by atoms with Gasteiger partial charge < -0.3 is 9.47 Å². The zero-order valence-electron chi connectivity index (χ0n) is 7.47. The van der Waals surface area contributed by atoms with Gasteiger partial charge in [0.05, 0.1) is 7.11 Å². The van der Waals surface area contributed by atoms with E-state index in [0.717, 1.165) is 13.0 Å².